The first-order chi connectivity index (χ1) is 28.5. The van der Waals surface area contributed by atoms with Crippen LogP contribution in [0.15, 0.2) is 41.7 Å². The van der Waals surface area contributed by atoms with E-state index >= 15 is 0 Å². The highest BCUT2D eigenvalue weighted by Gasteiger charge is 2.55. The molecule has 14 nitrogen and oxygen atoms in total. The fourth-order valence-corrected chi connectivity index (χ4v) is 8.43. The molecule has 1 aliphatic heterocycles. The number of nitrogens with two attached hydrogens (primary N) is 1. The lowest BCUT2D eigenvalue weighted by atomic mass is 9.96. The highest BCUT2D eigenvalue weighted by Crippen LogP contribution is 2.47. The first-order valence-electron chi connectivity index (χ1n) is 21.5. The van der Waals surface area contributed by atoms with Gasteiger partial charge in [0, 0.05) is 13.3 Å². The number of phosphoric ester groups is 1. The number of hydrogen-bond donors (Lipinski definition) is 4. The Balaban J connectivity index is 1.23. The maximum atomic E-state index is 14.1. The molecule has 59 heavy (non-hydrogen) atoms. The lowest BCUT2D eigenvalue weighted by molar-refractivity contribution is -0.0655. The SMILES string of the molecule is CCCCCCCCCCCCCCCCCCCC[C@@H](COP(=O)(O)OC[C@@]1(C=NC)O[C@@H](c2ccc3c(N)ncnn23)[C@H](O)[C@@H]1O)OCc1cc(F)cc(C#N)c1. The Morgan fingerprint density at radius 2 is 1.59 bits per heavy atom. The molecule has 328 valence electrons. The average Bonchev–Trinajstić information content (AvgIpc) is 3.76. The third kappa shape index (κ3) is 15.6. The van der Waals surface area contributed by atoms with E-state index in [4.69, 9.17) is 24.3 Å². The molecule has 16 heteroatoms. The molecule has 3 aromatic rings. The van der Waals surface area contributed by atoms with Crippen molar-refractivity contribution in [2.45, 2.75) is 166 Å². The van der Waals surface area contributed by atoms with Gasteiger partial charge in [0.2, 0.25) is 0 Å². The Hall–Kier alpha value is -3.32. The highest BCUT2D eigenvalue weighted by molar-refractivity contribution is 7.47. The van der Waals surface area contributed by atoms with Gasteiger partial charge in [0.15, 0.2) is 11.4 Å². The summed E-state index contributed by atoms with van der Waals surface area (Å²) >= 11 is 0. The number of anilines is 1. The molecule has 0 bridgehead atoms. The molecule has 3 heterocycles. The fraction of sp³-hybridized carbons (Fsp3) is 0.674. The summed E-state index contributed by atoms with van der Waals surface area (Å²) in [5.41, 5.74) is 5.55. The number of aliphatic imine (C=N–C) groups is 1. The summed E-state index contributed by atoms with van der Waals surface area (Å²) in [6.45, 7) is 1.19. The molecule has 1 unspecified atom stereocenters. The van der Waals surface area contributed by atoms with E-state index in [1.165, 1.54) is 126 Å². The summed E-state index contributed by atoms with van der Waals surface area (Å²) in [6.07, 6.45) is 20.5. The van der Waals surface area contributed by atoms with E-state index < -0.39 is 50.3 Å². The van der Waals surface area contributed by atoms with Crippen LogP contribution < -0.4 is 5.73 Å². The van der Waals surface area contributed by atoms with Gasteiger partial charge in [0.05, 0.1) is 43.3 Å². The van der Waals surface area contributed by atoms with Crippen LogP contribution in [0.4, 0.5) is 10.2 Å². The second kappa shape index (κ2) is 25.5. The van der Waals surface area contributed by atoms with Gasteiger partial charge in [-0.2, -0.15) is 10.4 Å². The van der Waals surface area contributed by atoms with E-state index in [-0.39, 0.29) is 24.6 Å². The number of ether oxygens (including phenoxy) is 2. The van der Waals surface area contributed by atoms with Crippen LogP contribution in [0.2, 0.25) is 0 Å². The second-order valence-electron chi connectivity index (χ2n) is 15.7. The summed E-state index contributed by atoms with van der Waals surface area (Å²) in [7, 11) is -3.37. The first kappa shape index (κ1) is 48.3. The molecule has 2 aromatic heterocycles. The van der Waals surface area contributed by atoms with Crippen LogP contribution in [0.5, 0.6) is 0 Å². The van der Waals surface area contributed by atoms with Crippen LogP contribution in [0, 0.1) is 17.1 Å². The maximum Gasteiger partial charge on any atom is 0.472 e. The monoisotopic (exact) mass is 844 g/mol. The molecule has 1 aliphatic rings. The minimum Gasteiger partial charge on any atom is -0.387 e. The molecule has 0 amide bonds. The molecule has 1 aromatic carbocycles. The lowest BCUT2D eigenvalue weighted by Crippen LogP contribution is -2.48. The number of rotatable bonds is 30. The molecule has 1 fully saturated rings. The van der Waals surface area contributed by atoms with E-state index in [0.717, 1.165) is 31.7 Å². The number of hydrogen-bond acceptors (Lipinski definition) is 12. The molecule has 1 saturated heterocycles. The van der Waals surface area contributed by atoms with Gasteiger partial charge in [-0.3, -0.25) is 14.0 Å². The first-order valence-corrected chi connectivity index (χ1v) is 23.0. The van der Waals surface area contributed by atoms with Gasteiger partial charge >= 0.3 is 7.82 Å². The topological polar surface area (TPSA) is 207 Å². The number of benzene rings is 1. The van der Waals surface area contributed by atoms with Gasteiger partial charge in [0.1, 0.15) is 36.0 Å². The zero-order valence-electron chi connectivity index (χ0n) is 34.9. The summed E-state index contributed by atoms with van der Waals surface area (Å²) in [6, 6.07) is 9.13. The Labute approximate surface area is 349 Å². The van der Waals surface area contributed by atoms with E-state index in [1.807, 2.05) is 6.07 Å². The van der Waals surface area contributed by atoms with Crippen LogP contribution in [0.3, 0.4) is 0 Å². The number of phosphoric acid groups is 1. The molecule has 0 radical (unpaired) electrons. The number of aliphatic hydroxyl groups excluding tert-OH is 2. The number of fused-ring (bicyclic) bond motifs is 1. The average molecular weight is 845 g/mol. The lowest BCUT2D eigenvalue weighted by Gasteiger charge is -2.28. The quantitative estimate of drug-likeness (QED) is 0.0282. The maximum absolute atomic E-state index is 14.1. The van der Waals surface area contributed by atoms with Gasteiger partial charge in [-0.1, -0.05) is 122 Å². The Bertz CT molecular complexity index is 1810. The summed E-state index contributed by atoms with van der Waals surface area (Å²) in [4.78, 5) is 18.7. The number of nitriles is 1. The molecule has 0 aliphatic carbocycles. The molecular weight excluding hydrogens is 778 g/mol. The Morgan fingerprint density at radius 3 is 2.19 bits per heavy atom. The minimum absolute atomic E-state index is 0.0452. The van der Waals surface area contributed by atoms with Crippen LogP contribution in [0.25, 0.3) is 5.52 Å². The minimum atomic E-state index is -4.79. The number of unbranched alkanes of at least 4 members (excludes halogenated alkanes) is 17. The predicted molar refractivity (Wildman–Crippen MR) is 225 cm³/mol. The van der Waals surface area contributed by atoms with Crippen LogP contribution in [-0.4, -0.2) is 80.1 Å². The van der Waals surface area contributed by atoms with Crippen molar-refractivity contribution in [3.63, 3.8) is 0 Å². The highest BCUT2D eigenvalue weighted by atomic mass is 31.2. The smallest absolute Gasteiger partial charge is 0.387 e. The zero-order valence-corrected chi connectivity index (χ0v) is 35.8. The Morgan fingerprint density at radius 1 is 0.983 bits per heavy atom. The standard InChI is InChI=1S/C43H66FN6O8P/c1-3-4-5-6-7-8-9-10-11-12-13-14-15-16-17-18-19-20-21-36(55-28-34-24-33(27-45)25-35(44)26-34)29-56-59(53,54)57-31-43(30-47-2)41(52)39(51)40(58-43)37-22-23-38-42(46)48-32-49-50(37)38/h22-26,30,32,36,39-41,51-52H,3-21,28-29,31H2,1-2H3,(H,53,54)(H2,46,48,49)/t36-,39-,40-,41-,43+/m0/s1. The number of halogens is 1. The largest absolute Gasteiger partial charge is 0.472 e. The molecule has 6 atom stereocenters. The Kier molecular flexibility index (Phi) is 20.9. The van der Waals surface area contributed by atoms with Gasteiger partial charge in [-0.05, 0) is 42.3 Å². The van der Waals surface area contributed by atoms with Crippen molar-refractivity contribution < 1.29 is 42.6 Å². The van der Waals surface area contributed by atoms with Crippen molar-refractivity contribution in [2.75, 3.05) is 26.0 Å². The van der Waals surface area contributed by atoms with Crippen molar-refractivity contribution in [1.29, 1.82) is 5.26 Å². The van der Waals surface area contributed by atoms with Gasteiger partial charge in [-0.15, -0.1) is 0 Å². The van der Waals surface area contributed by atoms with Crippen molar-refractivity contribution >= 4 is 25.4 Å². The van der Waals surface area contributed by atoms with Gasteiger partial charge in [-0.25, -0.2) is 18.5 Å². The number of nitrogens with zero attached hydrogens (tertiary/aromatic N) is 5. The van der Waals surface area contributed by atoms with Crippen LogP contribution >= 0.6 is 7.82 Å². The van der Waals surface area contributed by atoms with E-state index in [1.54, 1.807) is 12.1 Å². The normalized spacial score (nSPS) is 21.0. The summed E-state index contributed by atoms with van der Waals surface area (Å²) in [5.74, 6) is -0.365. The van der Waals surface area contributed by atoms with E-state index in [2.05, 4.69) is 22.0 Å². The molecular formula is C43H66FN6O8P. The van der Waals surface area contributed by atoms with Crippen molar-refractivity contribution in [3.05, 3.63) is 59.3 Å². The third-order valence-corrected chi connectivity index (χ3v) is 11.9. The molecule has 0 saturated carbocycles. The van der Waals surface area contributed by atoms with Crippen LogP contribution in [-0.2, 0) is 29.7 Å². The van der Waals surface area contributed by atoms with E-state index in [9.17, 15) is 29.3 Å². The second-order valence-corrected chi connectivity index (χ2v) is 17.2. The molecule has 4 rings (SSSR count). The van der Waals surface area contributed by atoms with Gasteiger partial charge < -0.3 is 30.3 Å². The van der Waals surface area contributed by atoms with Crippen molar-refractivity contribution in [3.8, 4) is 6.07 Å². The van der Waals surface area contributed by atoms with Gasteiger partial charge in [0.25, 0.3) is 0 Å². The zero-order chi connectivity index (χ0) is 42.5. The van der Waals surface area contributed by atoms with Crippen molar-refractivity contribution in [2.24, 2.45) is 4.99 Å². The van der Waals surface area contributed by atoms with E-state index in [0.29, 0.717) is 23.2 Å². The third-order valence-electron chi connectivity index (χ3n) is 11.0. The number of aromatic nitrogens is 3. The fourth-order valence-electron chi connectivity index (χ4n) is 7.63. The molecule has 0 spiro atoms. The number of nitrogen functional groups attached to an aromatic ring is 1. The molecule has 5 N–H and O–H groups in total. The predicted octanol–water partition coefficient (Wildman–Crippen LogP) is 8.71. The van der Waals surface area contributed by atoms with Crippen LogP contribution in [0.1, 0.15) is 152 Å². The summed E-state index contributed by atoms with van der Waals surface area (Å²) in [5, 5.41) is 35.7. The number of aliphatic hydroxyl groups is 2. The summed E-state index contributed by atoms with van der Waals surface area (Å²) < 4.78 is 51.8. The van der Waals surface area contributed by atoms with Crippen molar-refractivity contribution in [1.82, 2.24) is 14.6 Å².